The van der Waals surface area contributed by atoms with E-state index in [2.05, 4.69) is 5.32 Å². The van der Waals surface area contributed by atoms with E-state index >= 15 is 0 Å². The largest absolute Gasteiger partial charge is 0.497 e. The van der Waals surface area contributed by atoms with Crippen molar-refractivity contribution in [2.75, 3.05) is 18.0 Å². The Morgan fingerprint density at radius 2 is 1.60 bits per heavy atom. The number of amides is 2. The molecule has 8 nitrogen and oxygen atoms in total. The third-order valence-corrected chi connectivity index (χ3v) is 9.57. The van der Waals surface area contributed by atoms with Crippen LogP contribution >= 0.6 is 23.2 Å². The molecule has 0 radical (unpaired) electrons. The smallest absolute Gasteiger partial charge is 0.264 e. The van der Waals surface area contributed by atoms with Crippen LogP contribution in [0.4, 0.5) is 5.69 Å². The number of hydrogen-bond donors (Lipinski definition) is 1. The van der Waals surface area contributed by atoms with Gasteiger partial charge in [-0.25, -0.2) is 8.42 Å². The van der Waals surface area contributed by atoms with Crippen molar-refractivity contribution in [3.8, 4) is 5.75 Å². The summed E-state index contributed by atoms with van der Waals surface area (Å²) in [6.07, 6.45) is 1.03. The van der Waals surface area contributed by atoms with Gasteiger partial charge in [0, 0.05) is 12.6 Å². The molecule has 0 bridgehead atoms. The fraction of sp³-hybridized carbons (Fsp3) is 0.355. The zero-order valence-electron chi connectivity index (χ0n) is 24.4. The maximum absolute atomic E-state index is 14.2. The highest BCUT2D eigenvalue weighted by atomic mass is 35.5. The number of hydrogen-bond acceptors (Lipinski definition) is 5. The highest BCUT2D eigenvalue weighted by Gasteiger charge is 2.35. The molecule has 0 spiro atoms. The lowest BCUT2D eigenvalue weighted by Gasteiger charge is -2.34. The van der Waals surface area contributed by atoms with Crippen LogP contribution in [0.5, 0.6) is 5.75 Å². The standard InChI is InChI=1S/C31H37Cl2N3O5S/c1-6-22(4)34-31(38)27(7-2)35(19-23-13-15-24(41-5)16-14-23)29(37)20-36(28-10-8-9-26(32)30(28)33)42(39,40)25-17-11-21(3)12-18-25/h8-18,22,27H,6-7,19-20H2,1-5H3,(H,34,38)/t22-,27-/m0/s1. The van der Waals surface area contributed by atoms with E-state index in [4.69, 9.17) is 27.9 Å². The van der Waals surface area contributed by atoms with E-state index in [0.29, 0.717) is 18.6 Å². The number of benzene rings is 3. The zero-order valence-corrected chi connectivity index (χ0v) is 26.8. The Labute approximate surface area is 258 Å². The molecule has 0 unspecified atom stereocenters. The summed E-state index contributed by atoms with van der Waals surface area (Å²) < 4.78 is 34.2. The summed E-state index contributed by atoms with van der Waals surface area (Å²) in [6, 6.07) is 17.1. The van der Waals surface area contributed by atoms with Crippen LogP contribution in [0.15, 0.2) is 71.6 Å². The van der Waals surface area contributed by atoms with Crippen LogP contribution in [-0.2, 0) is 26.2 Å². The highest BCUT2D eigenvalue weighted by molar-refractivity contribution is 7.92. The van der Waals surface area contributed by atoms with Crippen molar-refractivity contribution in [1.29, 1.82) is 0 Å². The maximum atomic E-state index is 14.2. The van der Waals surface area contributed by atoms with Gasteiger partial charge in [-0.15, -0.1) is 0 Å². The number of aryl methyl sites for hydroxylation is 1. The second kappa shape index (κ2) is 14.8. The van der Waals surface area contributed by atoms with Gasteiger partial charge < -0.3 is 15.0 Å². The number of sulfonamides is 1. The average Bonchev–Trinajstić information content (AvgIpc) is 2.97. The van der Waals surface area contributed by atoms with Crippen molar-refractivity contribution in [2.24, 2.45) is 0 Å². The van der Waals surface area contributed by atoms with E-state index in [1.54, 1.807) is 49.6 Å². The molecule has 11 heteroatoms. The molecule has 0 aliphatic rings. The number of methoxy groups -OCH3 is 1. The molecule has 226 valence electrons. The van der Waals surface area contributed by atoms with Crippen LogP contribution in [0, 0.1) is 6.92 Å². The number of anilines is 1. The Kier molecular flexibility index (Phi) is 11.7. The molecule has 2 amide bonds. The minimum Gasteiger partial charge on any atom is -0.497 e. The number of carbonyl (C=O) groups excluding carboxylic acids is 2. The van der Waals surface area contributed by atoms with E-state index in [1.807, 2.05) is 27.7 Å². The molecule has 1 N–H and O–H groups in total. The van der Waals surface area contributed by atoms with Crippen molar-refractivity contribution in [2.45, 2.75) is 64.1 Å². The van der Waals surface area contributed by atoms with Gasteiger partial charge in [-0.3, -0.25) is 13.9 Å². The number of nitrogens with zero attached hydrogens (tertiary/aromatic N) is 2. The van der Waals surface area contributed by atoms with E-state index in [1.165, 1.54) is 29.2 Å². The lowest BCUT2D eigenvalue weighted by Crippen LogP contribution is -2.53. The monoisotopic (exact) mass is 633 g/mol. The lowest BCUT2D eigenvalue weighted by atomic mass is 10.1. The molecule has 3 aromatic carbocycles. The maximum Gasteiger partial charge on any atom is 0.264 e. The molecular formula is C31H37Cl2N3O5S. The first-order chi connectivity index (χ1) is 19.9. The topological polar surface area (TPSA) is 96.0 Å². The molecule has 0 fully saturated rings. The van der Waals surface area contributed by atoms with Crippen LogP contribution < -0.4 is 14.4 Å². The van der Waals surface area contributed by atoms with E-state index in [9.17, 15) is 18.0 Å². The van der Waals surface area contributed by atoms with Gasteiger partial charge in [-0.1, -0.05) is 72.9 Å². The second-order valence-electron chi connectivity index (χ2n) is 10.0. The molecule has 0 aliphatic carbocycles. The molecule has 0 aliphatic heterocycles. The summed E-state index contributed by atoms with van der Waals surface area (Å²) in [5, 5.41) is 3.09. The minimum absolute atomic E-state index is 0.00841. The second-order valence-corrected chi connectivity index (χ2v) is 12.7. The number of ether oxygens (including phenoxy) is 1. The van der Waals surface area contributed by atoms with E-state index < -0.39 is 28.5 Å². The van der Waals surface area contributed by atoms with Gasteiger partial charge in [0.1, 0.15) is 18.3 Å². The predicted molar refractivity (Wildman–Crippen MR) is 168 cm³/mol. The first kappa shape index (κ1) is 33.2. The van der Waals surface area contributed by atoms with Gasteiger partial charge in [-0.2, -0.15) is 0 Å². The van der Waals surface area contributed by atoms with Crippen molar-refractivity contribution < 1.29 is 22.7 Å². The van der Waals surface area contributed by atoms with E-state index in [0.717, 1.165) is 15.4 Å². The summed E-state index contributed by atoms with van der Waals surface area (Å²) in [4.78, 5) is 29.0. The predicted octanol–water partition coefficient (Wildman–Crippen LogP) is 6.23. The Bertz CT molecular complexity index is 1480. The molecule has 2 atom stereocenters. The summed E-state index contributed by atoms with van der Waals surface area (Å²) in [5.41, 5.74) is 1.67. The van der Waals surface area contributed by atoms with Crippen molar-refractivity contribution >= 4 is 50.7 Å². The first-order valence-electron chi connectivity index (χ1n) is 13.7. The van der Waals surface area contributed by atoms with Gasteiger partial charge in [0.15, 0.2) is 0 Å². The third kappa shape index (κ3) is 7.96. The molecule has 0 aromatic heterocycles. The Balaban J connectivity index is 2.09. The third-order valence-electron chi connectivity index (χ3n) is 6.99. The number of rotatable bonds is 13. The molecular weight excluding hydrogens is 597 g/mol. The van der Waals surface area contributed by atoms with Gasteiger partial charge in [0.2, 0.25) is 11.8 Å². The normalized spacial score (nSPS) is 12.7. The van der Waals surface area contributed by atoms with Crippen LogP contribution in [0.1, 0.15) is 44.7 Å². The van der Waals surface area contributed by atoms with Crippen molar-refractivity contribution in [3.05, 3.63) is 87.9 Å². The van der Waals surface area contributed by atoms with Crippen LogP contribution in [0.2, 0.25) is 10.0 Å². The summed E-state index contributed by atoms with van der Waals surface area (Å²) >= 11 is 12.8. The molecule has 0 saturated heterocycles. The molecule has 0 heterocycles. The average molecular weight is 635 g/mol. The summed E-state index contributed by atoms with van der Waals surface area (Å²) in [5.74, 6) is -0.254. The van der Waals surface area contributed by atoms with Gasteiger partial charge in [0.25, 0.3) is 10.0 Å². The van der Waals surface area contributed by atoms with Gasteiger partial charge >= 0.3 is 0 Å². The number of nitrogens with one attached hydrogen (secondary N) is 1. The van der Waals surface area contributed by atoms with Crippen LogP contribution in [0.3, 0.4) is 0 Å². The minimum atomic E-state index is -4.27. The lowest BCUT2D eigenvalue weighted by molar-refractivity contribution is -0.140. The van der Waals surface area contributed by atoms with Gasteiger partial charge in [-0.05, 0) is 68.7 Å². The Hall–Kier alpha value is -3.27. The number of halogens is 2. The zero-order chi connectivity index (χ0) is 31.0. The molecule has 42 heavy (non-hydrogen) atoms. The van der Waals surface area contributed by atoms with Crippen molar-refractivity contribution in [3.63, 3.8) is 0 Å². The fourth-order valence-electron chi connectivity index (χ4n) is 4.32. The summed E-state index contributed by atoms with van der Waals surface area (Å²) in [7, 11) is -2.71. The van der Waals surface area contributed by atoms with Crippen molar-refractivity contribution in [1.82, 2.24) is 10.2 Å². The molecule has 0 saturated carbocycles. The molecule has 3 rings (SSSR count). The molecule has 3 aromatic rings. The van der Waals surface area contributed by atoms with Crippen LogP contribution in [0.25, 0.3) is 0 Å². The Morgan fingerprint density at radius 3 is 2.17 bits per heavy atom. The fourth-order valence-corrected chi connectivity index (χ4v) is 6.20. The van der Waals surface area contributed by atoms with Gasteiger partial charge in [0.05, 0.1) is 27.7 Å². The number of carbonyl (C=O) groups is 2. The Morgan fingerprint density at radius 1 is 0.952 bits per heavy atom. The SMILES string of the molecule is CC[C@H](C)NC(=O)[C@H](CC)N(Cc1ccc(OC)cc1)C(=O)CN(c1cccc(Cl)c1Cl)S(=O)(=O)c1ccc(C)cc1. The summed E-state index contributed by atoms with van der Waals surface area (Å²) in [6.45, 7) is 6.95. The first-order valence-corrected chi connectivity index (χ1v) is 15.9. The van der Waals surface area contributed by atoms with Crippen LogP contribution in [-0.4, -0.2) is 50.9 Å². The highest BCUT2D eigenvalue weighted by Crippen LogP contribution is 2.35. The van der Waals surface area contributed by atoms with E-state index in [-0.39, 0.29) is 39.1 Å². The quantitative estimate of drug-likeness (QED) is 0.241.